The van der Waals surface area contributed by atoms with Gasteiger partial charge < -0.3 is 10.4 Å². The summed E-state index contributed by atoms with van der Waals surface area (Å²) >= 11 is 1.51. The lowest BCUT2D eigenvalue weighted by molar-refractivity contribution is -0.118. The number of thioether (sulfide) groups is 1. The van der Waals surface area contributed by atoms with Gasteiger partial charge in [0.05, 0.1) is 12.4 Å². The topological polar surface area (TPSA) is 61.4 Å². The molecule has 4 nitrogen and oxygen atoms in total. The van der Waals surface area contributed by atoms with Gasteiger partial charge in [0.25, 0.3) is 0 Å². The third-order valence-corrected chi connectivity index (χ3v) is 2.16. The van der Waals surface area contributed by atoms with Crippen molar-refractivity contribution in [2.75, 3.05) is 18.9 Å². The number of hydrogen-bond acceptors (Lipinski definition) is 4. The Labute approximate surface area is 63.4 Å². The van der Waals surface area contributed by atoms with E-state index in [-0.39, 0.29) is 18.0 Å². The van der Waals surface area contributed by atoms with E-state index in [1.165, 1.54) is 11.8 Å². The maximum Gasteiger partial charge on any atom is 0.231 e. The summed E-state index contributed by atoms with van der Waals surface area (Å²) in [6, 6.07) is 0. The number of rotatable bonds is 3. The molecule has 1 aliphatic rings. The lowest BCUT2D eigenvalue weighted by atomic mass is 10.6. The molecule has 0 radical (unpaired) electrons. The van der Waals surface area contributed by atoms with E-state index in [9.17, 15) is 4.79 Å². The largest absolute Gasteiger partial charge is 0.395 e. The van der Waals surface area contributed by atoms with Gasteiger partial charge in [-0.25, -0.2) is 0 Å². The van der Waals surface area contributed by atoms with E-state index in [2.05, 4.69) is 10.6 Å². The summed E-state index contributed by atoms with van der Waals surface area (Å²) in [5, 5.41) is 14.0. The van der Waals surface area contributed by atoms with Gasteiger partial charge in [0.2, 0.25) is 5.91 Å². The van der Waals surface area contributed by atoms with Crippen molar-refractivity contribution in [1.29, 1.82) is 0 Å². The van der Waals surface area contributed by atoms with E-state index in [1.807, 2.05) is 0 Å². The van der Waals surface area contributed by atoms with E-state index in [4.69, 9.17) is 5.11 Å². The maximum atomic E-state index is 10.6. The zero-order valence-corrected chi connectivity index (χ0v) is 6.28. The van der Waals surface area contributed by atoms with E-state index in [0.717, 1.165) is 0 Å². The van der Waals surface area contributed by atoms with Gasteiger partial charge >= 0.3 is 0 Å². The highest BCUT2D eigenvalue weighted by atomic mass is 32.2. The van der Waals surface area contributed by atoms with Crippen molar-refractivity contribution in [3.05, 3.63) is 0 Å². The van der Waals surface area contributed by atoms with Crippen LogP contribution in [-0.2, 0) is 4.79 Å². The minimum Gasteiger partial charge on any atom is -0.395 e. The van der Waals surface area contributed by atoms with Crippen LogP contribution in [0, 0.1) is 0 Å². The van der Waals surface area contributed by atoms with Crippen LogP contribution in [0.15, 0.2) is 0 Å². The van der Waals surface area contributed by atoms with Crippen molar-refractivity contribution >= 4 is 17.7 Å². The Hall–Kier alpha value is -0.260. The molecule has 58 valence electrons. The molecule has 0 spiro atoms. The number of hydrogen-bond donors (Lipinski definition) is 3. The van der Waals surface area contributed by atoms with Crippen molar-refractivity contribution in [2.45, 2.75) is 5.50 Å². The lowest BCUT2D eigenvalue weighted by Crippen LogP contribution is -2.38. The normalized spacial score (nSPS) is 24.9. The summed E-state index contributed by atoms with van der Waals surface area (Å²) in [4.78, 5) is 10.6. The smallest absolute Gasteiger partial charge is 0.231 e. The average molecular weight is 162 g/mol. The second-order valence-electron chi connectivity index (χ2n) is 1.94. The molecule has 1 amide bonds. The molecule has 1 heterocycles. The zero-order valence-electron chi connectivity index (χ0n) is 5.46. The molecular formula is C5H10N2O2S. The number of amides is 1. The third kappa shape index (κ3) is 2.17. The van der Waals surface area contributed by atoms with Crippen LogP contribution >= 0.6 is 11.8 Å². The molecule has 0 bridgehead atoms. The van der Waals surface area contributed by atoms with Crippen molar-refractivity contribution in [3.63, 3.8) is 0 Å². The molecule has 10 heavy (non-hydrogen) atoms. The zero-order chi connectivity index (χ0) is 7.40. The highest BCUT2D eigenvalue weighted by Gasteiger charge is 2.19. The van der Waals surface area contributed by atoms with Crippen LogP contribution < -0.4 is 10.6 Å². The maximum absolute atomic E-state index is 10.6. The van der Waals surface area contributed by atoms with Crippen molar-refractivity contribution in [1.82, 2.24) is 10.6 Å². The van der Waals surface area contributed by atoms with Crippen LogP contribution in [-0.4, -0.2) is 35.4 Å². The molecule has 0 aromatic carbocycles. The second-order valence-corrected chi connectivity index (χ2v) is 3.03. The predicted octanol–water partition coefficient (Wildman–Crippen LogP) is -1.29. The van der Waals surface area contributed by atoms with E-state index in [0.29, 0.717) is 12.3 Å². The minimum atomic E-state index is -0.000324. The molecule has 1 aliphatic heterocycles. The summed E-state index contributed by atoms with van der Waals surface area (Å²) in [5.74, 6) is 0.573. The van der Waals surface area contributed by atoms with Crippen LogP contribution in [0.5, 0.6) is 0 Å². The van der Waals surface area contributed by atoms with Crippen LogP contribution in [0.25, 0.3) is 0 Å². The van der Waals surface area contributed by atoms with Crippen molar-refractivity contribution in [3.8, 4) is 0 Å². The van der Waals surface area contributed by atoms with Crippen LogP contribution in [0.4, 0.5) is 0 Å². The van der Waals surface area contributed by atoms with Crippen LogP contribution in [0.1, 0.15) is 0 Å². The number of aliphatic hydroxyl groups excluding tert-OH is 1. The molecule has 3 N–H and O–H groups in total. The van der Waals surface area contributed by atoms with Gasteiger partial charge in [-0.2, -0.15) is 0 Å². The van der Waals surface area contributed by atoms with Crippen molar-refractivity contribution < 1.29 is 9.90 Å². The average Bonchev–Trinajstić information content (AvgIpc) is 2.31. The van der Waals surface area contributed by atoms with E-state index < -0.39 is 0 Å². The van der Waals surface area contributed by atoms with Gasteiger partial charge in [-0.1, -0.05) is 0 Å². The first-order valence-electron chi connectivity index (χ1n) is 3.08. The Balaban J connectivity index is 2.12. The summed E-state index contributed by atoms with van der Waals surface area (Å²) in [6.07, 6.45) is 0. The van der Waals surface area contributed by atoms with E-state index >= 15 is 0 Å². The van der Waals surface area contributed by atoms with Crippen LogP contribution in [0.3, 0.4) is 0 Å². The molecule has 0 saturated carbocycles. The lowest BCUT2D eigenvalue weighted by Gasteiger charge is -2.08. The number of aliphatic hydroxyl groups is 1. The monoisotopic (exact) mass is 162 g/mol. The van der Waals surface area contributed by atoms with Gasteiger partial charge in [0.1, 0.15) is 5.50 Å². The van der Waals surface area contributed by atoms with Gasteiger partial charge in [0.15, 0.2) is 0 Å². The molecule has 1 fully saturated rings. The Morgan fingerprint density at radius 2 is 2.70 bits per heavy atom. The fourth-order valence-corrected chi connectivity index (χ4v) is 1.55. The Kier molecular flexibility index (Phi) is 2.98. The molecule has 1 unspecified atom stereocenters. The molecule has 0 aromatic rings. The second kappa shape index (κ2) is 3.80. The number of carbonyl (C=O) groups is 1. The minimum absolute atomic E-state index is 0.000324. The van der Waals surface area contributed by atoms with Crippen molar-refractivity contribution in [2.24, 2.45) is 0 Å². The highest BCUT2D eigenvalue weighted by Crippen LogP contribution is 2.10. The standard InChI is InChI=1S/C5H10N2O2S/c8-2-1-6-5-7-4(9)3-10-5/h5-6,8H,1-3H2,(H,7,9). The molecule has 0 aromatic heterocycles. The van der Waals surface area contributed by atoms with Gasteiger partial charge in [-0.15, -0.1) is 11.8 Å². The molecule has 1 atom stereocenters. The van der Waals surface area contributed by atoms with E-state index in [1.54, 1.807) is 0 Å². The predicted molar refractivity (Wildman–Crippen MR) is 39.5 cm³/mol. The molecule has 1 rings (SSSR count). The van der Waals surface area contributed by atoms with Gasteiger partial charge in [-0.05, 0) is 0 Å². The molecule has 5 heteroatoms. The first-order valence-corrected chi connectivity index (χ1v) is 4.13. The third-order valence-electron chi connectivity index (χ3n) is 1.11. The number of carbonyl (C=O) groups excluding carboxylic acids is 1. The summed E-state index contributed by atoms with van der Waals surface area (Å²) in [5.41, 5.74) is -0.000324. The first kappa shape index (κ1) is 7.84. The first-order chi connectivity index (χ1) is 4.83. The SMILES string of the molecule is O=C1CSC(NCCO)N1. The molecule has 0 aliphatic carbocycles. The quantitative estimate of drug-likeness (QED) is 0.483. The van der Waals surface area contributed by atoms with Gasteiger partial charge in [0, 0.05) is 6.54 Å². The Morgan fingerprint density at radius 3 is 3.20 bits per heavy atom. The highest BCUT2D eigenvalue weighted by molar-refractivity contribution is 8.00. The van der Waals surface area contributed by atoms with Gasteiger partial charge in [-0.3, -0.25) is 10.1 Å². The summed E-state index contributed by atoms with van der Waals surface area (Å²) in [7, 11) is 0. The number of nitrogens with one attached hydrogen (secondary N) is 2. The molecule has 1 saturated heterocycles. The Morgan fingerprint density at radius 1 is 1.90 bits per heavy atom. The fourth-order valence-electron chi connectivity index (χ4n) is 0.694. The van der Waals surface area contributed by atoms with Crippen LogP contribution in [0.2, 0.25) is 0 Å². The summed E-state index contributed by atoms with van der Waals surface area (Å²) < 4.78 is 0. The summed E-state index contributed by atoms with van der Waals surface area (Å²) in [6.45, 7) is 0.630. The molecular weight excluding hydrogens is 152 g/mol. The fraction of sp³-hybridized carbons (Fsp3) is 0.800. The Bertz CT molecular complexity index is 131.